The van der Waals surface area contributed by atoms with Gasteiger partial charge < -0.3 is 10.6 Å². The molecule has 2 aromatic rings. The maximum atomic E-state index is 12.0. The van der Waals surface area contributed by atoms with Gasteiger partial charge in [-0.3, -0.25) is 9.78 Å². The van der Waals surface area contributed by atoms with E-state index >= 15 is 0 Å². The van der Waals surface area contributed by atoms with Crippen molar-refractivity contribution in [2.24, 2.45) is 0 Å². The van der Waals surface area contributed by atoms with Gasteiger partial charge in [0.2, 0.25) is 0 Å². The number of benzene rings is 1. The van der Waals surface area contributed by atoms with Crippen LogP contribution in [0.2, 0.25) is 5.02 Å². The van der Waals surface area contributed by atoms with Crippen LogP contribution in [-0.2, 0) is 17.8 Å². The van der Waals surface area contributed by atoms with Gasteiger partial charge in [-0.05, 0) is 35.7 Å². The summed E-state index contributed by atoms with van der Waals surface area (Å²) in [6.45, 7) is 0.926. The molecule has 0 radical (unpaired) electrons. The van der Waals surface area contributed by atoms with E-state index in [0.29, 0.717) is 18.1 Å². The Kier molecular flexibility index (Phi) is 6.81. The summed E-state index contributed by atoms with van der Waals surface area (Å²) in [7, 11) is 0. The van der Waals surface area contributed by atoms with E-state index in [-0.39, 0.29) is 5.57 Å². The van der Waals surface area contributed by atoms with E-state index in [1.54, 1.807) is 18.5 Å². The van der Waals surface area contributed by atoms with Crippen molar-refractivity contribution >= 4 is 17.5 Å². The van der Waals surface area contributed by atoms with Gasteiger partial charge in [0.25, 0.3) is 5.91 Å². The standard InChI is InChI=1S/C18H17ClN4O/c19-17-5-1-3-14(9-17)6-8-22-13-16(10-20)18(24)23-12-15-4-2-7-21-11-15/h1-5,7,9,11,13,22H,6,8,12H2,(H,23,24)/b16-13-. The SMILES string of the molecule is N#C/C(=C/NCCc1cccc(Cl)c1)C(=O)NCc1cccnc1. The van der Waals surface area contributed by atoms with Crippen LogP contribution in [0.3, 0.4) is 0 Å². The van der Waals surface area contributed by atoms with Gasteiger partial charge in [0, 0.05) is 36.7 Å². The van der Waals surface area contributed by atoms with Crippen molar-refractivity contribution in [1.82, 2.24) is 15.6 Å². The van der Waals surface area contributed by atoms with Crippen molar-refractivity contribution in [1.29, 1.82) is 5.26 Å². The molecule has 0 saturated carbocycles. The lowest BCUT2D eigenvalue weighted by molar-refractivity contribution is -0.117. The normalized spacial score (nSPS) is 10.8. The molecule has 1 amide bonds. The zero-order chi connectivity index (χ0) is 17.2. The topological polar surface area (TPSA) is 77.8 Å². The van der Waals surface area contributed by atoms with E-state index in [2.05, 4.69) is 15.6 Å². The zero-order valence-corrected chi connectivity index (χ0v) is 13.8. The lowest BCUT2D eigenvalue weighted by Crippen LogP contribution is -2.25. The Balaban J connectivity index is 1.80. The first kappa shape index (κ1) is 17.5. The number of carbonyl (C=O) groups is 1. The van der Waals surface area contributed by atoms with Crippen molar-refractivity contribution in [2.75, 3.05) is 6.54 Å². The van der Waals surface area contributed by atoms with E-state index in [1.165, 1.54) is 6.20 Å². The summed E-state index contributed by atoms with van der Waals surface area (Å²) >= 11 is 5.92. The Labute approximate surface area is 146 Å². The maximum Gasteiger partial charge on any atom is 0.263 e. The number of hydrogen-bond donors (Lipinski definition) is 2. The number of carbonyl (C=O) groups excluding carboxylic acids is 1. The third kappa shape index (κ3) is 5.75. The van der Waals surface area contributed by atoms with Gasteiger partial charge in [0.05, 0.1) is 0 Å². The lowest BCUT2D eigenvalue weighted by atomic mass is 10.1. The Morgan fingerprint density at radius 2 is 2.12 bits per heavy atom. The van der Waals surface area contributed by atoms with Crippen LogP contribution >= 0.6 is 11.6 Å². The quantitative estimate of drug-likeness (QED) is 0.461. The molecule has 0 spiro atoms. The van der Waals surface area contributed by atoms with Crippen LogP contribution < -0.4 is 10.6 Å². The molecular formula is C18H17ClN4O. The van der Waals surface area contributed by atoms with Crippen LogP contribution in [0, 0.1) is 11.3 Å². The van der Waals surface area contributed by atoms with Crippen LogP contribution in [0.25, 0.3) is 0 Å². The van der Waals surface area contributed by atoms with Crippen molar-refractivity contribution in [3.63, 3.8) is 0 Å². The molecule has 0 bridgehead atoms. The van der Waals surface area contributed by atoms with E-state index in [1.807, 2.05) is 36.4 Å². The minimum Gasteiger partial charge on any atom is -0.389 e. The lowest BCUT2D eigenvalue weighted by Gasteiger charge is -2.05. The summed E-state index contributed by atoms with van der Waals surface area (Å²) < 4.78 is 0. The molecule has 2 N–H and O–H groups in total. The van der Waals surface area contributed by atoms with Crippen molar-refractivity contribution in [3.05, 3.63) is 76.7 Å². The summed E-state index contributed by atoms with van der Waals surface area (Å²) in [5, 5.41) is 15.5. The number of nitriles is 1. The number of nitrogens with zero attached hydrogens (tertiary/aromatic N) is 2. The molecule has 0 saturated heterocycles. The highest BCUT2D eigenvalue weighted by Gasteiger charge is 2.08. The number of rotatable bonds is 7. The molecule has 1 aromatic heterocycles. The fraction of sp³-hybridized carbons (Fsp3) is 0.167. The second kappa shape index (κ2) is 9.33. The number of amides is 1. The summed E-state index contributed by atoms with van der Waals surface area (Å²) in [4.78, 5) is 15.9. The summed E-state index contributed by atoms with van der Waals surface area (Å²) in [6, 6.07) is 13.1. The van der Waals surface area contributed by atoms with Crippen LogP contribution in [0.5, 0.6) is 0 Å². The molecule has 122 valence electrons. The van der Waals surface area contributed by atoms with Gasteiger partial charge in [-0.1, -0.05) is 29.8 Å². The molecule has 0 aliphatic heterocycles. The number of aromatic nitrogens is 1. The Morgan fingerprint density at radius 1 is 1.29 bits per heavy atom. The van der Waals surface area contributed by atoms with Gasteiger partial charge in [-0.15, -0.1) is 0 Å². The Bertz CT molecular complexity index is 753. The predicted molar refractivity (Wildman–Crippen MR) is 92.9 cm³/mol. The predicted octanol–water partition coefficient (Wildman–Crippen LogP) is 2.59. The molecule has 24 heavy (non-hydrogen) atoms. The number of hydrogen-bond acceptors (Lipinski definition) is 4. The average molecular weight is 341 g/mol. The molecular weight excluding hydrogens is 324 g/mol. The molecule has 1 heterocycles. The molecule has 2 rings (SSSR count). The summed E-state index contributed by atoms with van der Waals surface area (Å²) in [6.07, 6.45) is 5.51. The zero-order valence-electron chi connectivity index (χ0n) is 13.0. The highest BCUT2D eigenvalue weighted by atomic mass is 35.5. The number of pyridine rings is 1. The van der Waals surface area contributed by atoms with Crippen LogP contribution in [0.4, 0.5) is 0 Å². The van der Waals surface area contributed by atoms with Crippen LogP contribution in [0.1, 0.15) is 11.1 Å². The van der Waals surface area contributed by atoms with E-state index < -0.39 is 5.91 Å². The molecule has 0 fully saturated rings. The molecule has 0 aliphatic carbocycles. The summed E-state index contributed by atoms with van der Waals surface area (Å²) in [5.74, 6) is -0.420. The van der Waals surface area contributed by atoms with Crippen LogP contribution in [-0.4, -0.2) is 17.4 Å². The summed E-state index contributed by atoms with van der Waals surface area (Å²) in [5.41, 5.74) is 1.99. The second-order valence-corrected chi connectivity index (χ2v) is 5.48. The van der Waals surface area contributed by atoms with E-state index in [9.17, 15) is 4.79 Å². The second-order valence-electron chi connectivity index (χ2n) is 5.05. The van der Waals surface area contributed by atoms with Gasteiger partial charge in [0.15, 0.2) is 0 Å². The average Bonchev–Trinajstić information content (AvgIpc) is 2.61. The van der Waals surface area contributed by atoms with E-state index in [0.717, 1.165) is 17.5 Å². The van der Waals surface area contributed by atoms with Crippen molar-refractivity contribution in [2.45, 2.75) is 13.0 Å². The maximum absolute atomic E-state index is 12.0. The van der Waals surface area contributed by atoms with Gasteiger partial charge in [0.1, 0.15) is 11.6 Å². The molecule has 6 heteroatoms. The number of nitrogens with one attached hydrogen (secondary N) is 2. The van der Waals surface area contributed by atoms with E-state index in [4.69, 9.17) is 16.9 Å². The molecule has 5 nitrogen and oxygen atoms in total. The van der Waals surface area contributed by atoms with Crippen LogP contribution in [0.15, 0.2) is 60.6 Å². The van der Waals surface area contributed by atoms with Crippen molar-refractivity contribution in [3.8, 4) is 6.07 Å². The fourth-order valence-corrected chi connectivity index (χ4v) is 2.22. The highest BCUT2D eigenvalue weighted by Crippen LogP contribution is 2.10. The molecule has 0 atom stereocenters. The molecule has 0 unspecified atom stereocenters. The molecule has 0 aliphatic rings. The Morgan fingerprint density at radius 3 is 2.83 bits per heavy atom. The Hall–Kier alpha value is -2.84. The highest BCUT2D eigenvalue weighted by molar-refractivity contribution is 6.30. The third-order valence-electron chi connectivity index (χ3n) is 3.23. The van der Waals surface area contributed by atoms with Gasteiger partial charge in [-0.2, -0.15) is 5.26 Å². The minimum absolute atomic E-state index is 0.0324. The third-order valence-corrected chi connectivity index (χ3v) is 3.47. The largest absolute Gasteiger partial charge is 0.389 e. The first-order valence-corrected chi connectivity index (χ1v) is 7.82. The van der Waals surface area contributed by atoms with Gasteiger partial charge in [-0.25, -0.2) is 0 Å². The fourth-order valence-electron chi connectivity index (χ4n) is 2.01. The first-order valence-electron chi connectivity index (χ1n) is 7.44. The van der Waals surface area contributed by atoms with Crippen molar-refractivity contribution < 1.29 is 4.79 Å². The van der Waals surface area contributed by atoms with Gasteiger partial charge >= 0.3 is 0 Å². The smallest absolute Gasteiger partial charge is 0.263 e. The first-order chi connectivity index (χ1) is 11.7. The monoisotopic (exact) mass is 340 g/mol. The number of halogens is 1. The minimum atomic E-state index is -0.420. The molecule has 1 aromatic carbocycles.